The fraction of sp³-hybridized carbons (Fsp3) is 0.818. The van der Waals surface area contributed by atoms with Gasteiger partial charge in [-0.15, -0.1) is 0 Å². The first kappa shape index (κ1) is 7.72. The summed E-state index contributed by atoms with van der Waals surface area (Å²) >= 11 is 0. The molecule has 3 rings (SSSR count). The second-order valence-electron chi connectivity index (χ2n) is 4.78. The van der Waals surface area contributed by atoms with Crippen LogP contribution in [0.5, 0.6) is 0 Å². The Morgan fingerprint density at radius 3 is 3.08 bits per heavy atom. The summed E-state index contributed by atoms with van der Waals surface area (Å²) in [7, 11) is 0. The van der Waals surface area contributed by atoms with Gasteiger partial charge in [0, 0.05) is 25.2 Å². The molecular weight excluding hydrogens is 160 g/mol. The predicted molar refractivity (Wildman–Crippen MR) is 50.2 cm³/mol. The monoisotopic (exact) mass is 176 g/mol. The molecule has 2 atom stereocenters. The lowest BCUT2D eigenvalue weighted by Crippen LogP contribution is -2.45. The van der Waals surface area contributed by atoms with E-state index in [1.54, 1.807) is 4.70 Å². The van der Waals surface area contributed by atoms with E-state index in [1.807, 2.05) is 0 Å². The Kier molecular flexibility index (Phi) is 1.44. The van der Waals surface area contributed by atoms with Crippen LogP contribution in [0, 0.1) is 5.92 Å². The molecule has 2 nitrogen and oxygen atoms in total. The molecule has 0 radical (unpaired) electrons. The van der Waals surface area contributed by atoms with Crippen molar-refractivity contribution in [3.8, 4) is 0 Å². The summed E-state index contributed by atoms with van der Waals surface area (Å²) < 4.78 is 1.63. The van der Waals surface area contributed by atoms with Crippen LogP contribution in [0.2, 0.25) is 0 Å². The molecule has 1 spiro atoms. The van der Waals surface area contributed by atoms with Gasteiger partial charge in [0.25, 0.3) is 0 Å². The van der Waals surface area contributed by atoms with Crippen molar-refractivity contribution in [3.05, 3.63) is 17.3 Å². The third-order valence-corrected chi connectivity index (χ3v) is 4.20. The Bertz CT molecular complexity index is 288. The molecule has 0 aromatic heterocycles. The summed E-state index contributed by atoms with van der Waals surface area (Å²) in [6.07, 6.45) is 11.1. The molecule has 70 valence electrons. The number of hydrogen-bond donors (Lipinski definition) is 0. The van der Waals surface area contributed by atoms with E-state index in [4.69, 9.17) is 0 Å². The topological polar surface area (TPSA) is 25.3 Å². The maximum absolute atomic E-state index is 10.1. The lowest BCUT2D eigenvalue weighted by Gasteiger charge is -2.39. The summed E-state index contributed by atoms with van der Waals surface area (Å²) in [5.74, 6) is 0.656. The van der Waals surface area contributed by atoms with Crippen LogP contribution in [0.1, 0.15) is 44.9 Å². The van der Waals surface area contributed by atoms with Crippen molar-refractivity contribution >= 4 is 0 Å². The Morgan fingerprint density at radius 2 is 2.15 bits per heavy atom. The maximum Gasteiger partial charge on any atom is 0.167 e. The summed E-state index contributed by atoms with van der Waals surface area (Å²) in [4.78, 5) is 0. The second kappa shape index (κ2) is 2.43. The van der Waals surface area contributed by atoms with Gasteiger partial charge in [0.05, 0.1) is 0 Å². The molecule has 3 aliphatic rings. The zero-order valence-corrected chi connectivity index (χ0v) is 8.00. The fourth-order valence-corrected chi connectivity index (χ4v) is 3.52. The Labute approximate surface area is 79.1 Å². The zero-order chi connectivity index (χ0) is 8.89. The molecule has 2 aliphatic heterocycles. The van der Waals surface area contributed by atoms with Crippen LogP contribution in [0.4, 0.5) is 0 Å². The zero-order valence-electron chi connectivity index (χ0n) is 8.00. The molecule has 0 amide bonds. The molecule has 1 saturated carbocycles. The van der Waals surface area contributed by atoms with E-state index in [0.717, 1.165) is 6.42 Å². The van der Waals surface area contributed by atoms with E-state index >= 15 is 0 Å². The molecule has 1 saturated heterocycles. The molecule has 0 N–H and O–H groups in total. The van der Waals surface area contributed by atoms with Crippen molar-refractivity contribution in [1.29, 1.82) is 0 Å². The number of nitrogens with zero attached hydrogens (tertiary/aromatic N) is 2. The predicted octanol–water partition coefficient (Wildman–Crippen LogP) is 3.03. The highest BCUT2D eigenvalue weighted by atomic mass is 15.3. The first-order valence-corrected chi connectivity index (χ1v) is 5.53. The van der Waals surface area contributed by atoms with Crippen LogP contribution in [0.15, 0.2) is 11.8 Å². The van der Waals surface area contributed by atoms with Crippen LogP contribution in [0.25, 0.3) is 5.53 Å². The van der Waals surface area contributed by atoms with Crippen molar-refractivity contribution in [3.63, 3.8) is 0 Å². The van der Waals surface area contributed by atoms with E-state index in [-0.39, 0.29) is 5.54 Å². The second-order valence-corrected chi connectivity index (χ2v) is 4.78. The van der Waals surface area contributed by atoms with Crippen molar-refractivity contribution in [2.75, 3.05) is 0 Å². The summed E-state index contributed by atoms with van der Waals surface area (Å²) in [6, 6.07) is 0. The normalized spacial score (nSPS) is 42.9. The van der Waals surface area contributed by atoms with Gasteiger partial charge in [-0.1, -0.05) is 6.42 Å². The van der Waals surface area contributed by atoms with E-state index < -0.39 is 0 Å². The van der Waals surface area contributed by atoms with Gasteiger partial charge in [-0.3, -0.25) is 4.70 Å². The van der Waals surface area contributed by atoms with Gasteiger partial charge in [0.15, 0.2) is 11.2 Å². The molecule has 2 unspecified atom stereocenters. The number of hydrogen-bond acceptors (Lipinski definition) is 0. The van der Waals surface area contributed by atoms with E-state index in [2.05, 4.69) is 6.08 Å². The standard InChI is InChI=1S/C11H16N2/c12-13-10-5-3-7-11(13)6-2-1-4-9(11)8-10/h8-9H,1-7H2. The van der Waals surface area contributed by atoms with Crippen LogP contribution in [0.3, 0.4) is 0 Å². The van der Waals surface area contributed by atoms with Gasteiger partial charge >= 0.3 is 0 Å². The minimum atomic E-state index is 0.145. The average Bonchev–Trinajstić information content (AvgIpc) is 2.35. The van der Waals surface area contributed by atoms with Gasteiger partial charge in [-0.05, 0) is 25.3 Å². The minimum Gasteiger partial charge on any atom is -0.500 e. The third-order valence-electron chi connectivity index (χ3n) is 4.20. The number of fused-ring (bicyclic) bond motifs is 1. The average molecular weight is 176 g/mol. The lowest BCUT2D eigenvalue weighted by molar-refractivity contribution is -0.595. The molecule has 1 aliphatic carbocycles. The minimum absolute atomic E-state index is 0.145. The first-order chi connectivity index (χ1) is 6.33. The van der Waals surface area contributed by atoms with E-state index in [1.165, 1.54) is 44.2 Å². The van der Waals surface area contributed by atoms with E-state index in [9.17, 15) is 5.53 Å². The summed E-state index contributed by atoms with van der Waals surface area (Å²) in [5, 5.41) is 0. The molecule has 2 fully saturated rings. The van der Waals surface area contributed by atoms with Crippen molar-refractivity contribution < 1.29 is 4.70 Å². The van der Waals surface area contributed by atoms with Gasteiger partial charge in [-0.2, -0.15) is 0 Å². The summed E-state index contributed by atoms with van der Waals surface area (Å²) in [5.41, 5.74) is 11.4. The highest BCUT2D eigenvalue weighted by molar-refractivity contribution is 5.15. The molecular formula is C11H16N2. The molecule has 0 aromatic carbocycles. The van der Waals surface area contributed by atoms with Gasteiger partial charge in [0.1, 0.15) is 0 Å². The van der Waals surface area contributed by atoms with Crippen molar-refractivity contribution in [2.45, 2.75) is 50.5 Å². The summed E-state index contributed by atoms with van der Waals surface area (Å²) in [6.45, 7) is 0. The number of piperidine rings is 1. The molecule has 13 heavy (non-hydrogen) atoms. The molecule has 2 heterocycles. The fourth-order valence-electron chi connectivity index (χ4n) is 3.52. The van der Waals surface area contributed by atoms with Crippen LogP contribution >= 0.6 is 0 Å². The Morgan fingerprint density at radius 1 is 1.31 bits per heavy atom. The molecule has 0 aromatic rings. The van der Waals surface area contributed by atoms with Gasteiger partial charge in [-0.25, -0.2) is 0 Å². The molecule has 2 heteroatoms. The van der Waals surface area contributed by atoms with Crippen LogP contribution in [-0.2, 0) is 0 Å². The maximum atomic E-state index is 10.1. The van der Waals surface area contributed by atoms with Gasteiger partial charge in [0.2, 0.25) is 0 Å². The lowest BCUT2D eigenvalue weighted by atomic mass is 9.71. The van der Waals surface area contributed by atoms with Gasteiger partial charge < -0.3 is 5.53 Å². The van der Waals surface area contributed by atoms with Crippen LogP contribution in [-0.4, -0.2) is 10.2 Å². The quantitative estimate of drug-likeness (QED) is 0.507. The van der Waals surface area contributed by atoms with E-state index in [0.29, 0.717) is 5.92 Å². The highest BCUT2D eigenvalue weighted by Crippen LogP contribution is 2.50. The smallest absolute Gasteiger partial charge is 0.167 e. The first-order valence-electron chi connectivity index (χ1n) is 5.53. The van der Waals surface area contributed by atoms with Crippen molar-refractivity contribution in [2.24, 2.45) is 5.92 Å². The highest BCUT2D eigenvalue weighted by Gasteiger charge is 2.53. The third kappa shape index (κ3) is 0.839. The SMILES string of the molecule is [N-]=[N+]1C2=CC3CCCCC31CCC2. The van der Waals surface area contributed by atoms with Crippen molar-refractivity contribution in [1.82, 2.24) is 0 Å². The Balaban J connectivity index is 2.05. The van der Waals surface area contributed by atoms with Crippen LogP contribution < -0.4 is 0 Å². The number of allylic oxidation sites excluding steroid dienone is 1. The number of rotatable bonds is 0. The Hall–Kier alpha value is -0.660. The largest absolute Gasteiger partial charge is 0.500 e. The molecule has 2 bridgehead atoms.